The first kappa shape index (κ1) is 19.1. The second kappa shape index (κ2) is 9.32. The van der Waals surface area contributed by atoms with Crippen LogP contribution in [0, 0.1) is 0 Å². The molecule has 0 radical (unpaired) electrons. The fourth-order valence-corrected chi connectivity index (χ4v) is 2.59. The number of hydrogen-bond acceptors (Lipinski definition) is 4. The van der Waals surface area contributed by atoms with E-state index in [4.69, 9.17) is 4.42 Å². The molecule has 142 valence electrons. The van der Waals surface area contributed by atoms with Crippen LogP contribution in [0.3, 0.4) is 0 Å². The Morgan fingerprint density at radius 2 is 1.82 bits per heavy atom. The number of amides is 2. The van der Waals surface area contributed by atoms with Crippen molar-refractivity contribution >= 4 is 23.2 Å². The smallest absolute Gasteiger partial charge is 0.291 e. The van der Waals surface area contributed by atoms with E-state index in [9.17, 15) is 9.59 Å². The topological polar surface area (TPSA) is 83.7 Å². The van der Waals surface area contributed by atoms with Crippen LogP contribution >= 0.6 is 0 Å². The molecule has 6 heteroatoms. The first-order valence-corrected chi connectivity index (χ1v) is 8.94. The predicted octanol–water partition coefficient (Wildman–Crippen LogP) is 4.00. The van der Waals surface area contributed by atoms with Gasteiger partial charge in [-0.25, -0.2) is 5.43 Å². The summed E-state index contributed by atoms with van der Waals surface area (Å²) in [6.45, 7) is 1.80. The molecule has 1 heterocycles. The summed E-state index contributed by atoms with van der Waals surface area (Å²) in [5.41, 5.74) is 5.74. The summed E-state index contributed by atoms with van der Waals surface area (Å²) in [6, 6.07) is 20.3. The summed E-state index contributed by atoms with van der Waals surface area (Å²) >= 11 is 0. The Morgan fingerprint density at radius 1 is 1.00 bits per heavy atom. The lowest BCUT2D eigenvalue weighted by Crippen LogP contribution is -2.19. The Bertz CT molecular complexity index is 964. The molecule has 2 aromatic carbocycles. The Balaban J connectivity index is 1.56. The molecule has 2 amide bonds. The highest BCUT2D eigenvalue weighted by atomic mass is 16.3. The van der Waals surface area contributed by atoms with Gasteiger partial charge >= 0.3 is 0 Å². The van der Waals surface area contributed by atoms with Crippen molar-refractivity contribution in [3.8, 4) is 0 Å². The van der Waals surface area contributed by atoms with E-state index in [-0.39, 0.29) is 17.6 Å². The van der Waals surface area contributed by atoms with Crippen molar-refractivity contribution in [3.05, 3.63) is 89.9 Å². The minimum atomic E-state index is -0.328. The fourth-order valence-electron chi connectivity index (χ4n) is 2.59. The van der Waals surface area contributed by atoms with Crippen molar-refractivity contribution in [2.45, 2.75) is 19.8 Å². The Kier molecular flexibility index (Phi) is 6.36. The van der Waals surface area contributed by atoms with Crippen LogP contribution in [-0.2, 0) is 11.2 Å². The summed E-state index contributed by atoms with van der Waals surface area (Å²) in [5, 5.41) is 6.93. The molecule has 3 aromatic rings. The number of hydrogen-bond donors (Lipinski definition) is 2. The third-order valence-electron chi connectivity index (χ3n) is 4.12. The van der Waals surface area contributed by atoms with E-state index < -0.39 is 0 Å². The first-order chi connectivity index (χ1) is 13.6. The molecule has 0 saturated heterocycles. The van der Waals surface area contributed by atoms with Crippen LogP contribution in [0.5, 0.6) is 0 Å². The van der Waals surface area contributed by atoms with Crippen molar-refractivity contribution in [2.24, 2.45) is 5.10 Å². The highest BCUT2D eigenvalue weighted by Gasteiger charge is 2.09. The second-order valence-electron chi connectivity index (χ2n) is 6.23. The van der Waals surface area contributed by atoms with Gasteiger partial charge in [0.1, 0.15) is 0 Å². The molecule has 0 spiro atoms. The molecule has 28 heavy (non-hydrogen) atoms. The maximum atomic E-state index is 12.1. The summed E-state index contributed by atoms with van der Waals surface area (Å²) < 4.78 is 5.08. The molecule has 0 unspecified atom stereocenters. The molecule has 0 saturated carbocycles. The van der Waals surface area contributed by atoms with Crippen LogP contribution in [0.15, 0.2) is 82.5 Å². The number of anilines is 1. The van der Waals surface area contributed by atoms with Gasteiger partial charge in [0, 0.05) is 12.1 Å². The fraction of sp³-hybridized carbons (Fsp3) is 0.136. The molecule has 1 aromatic heterocycles. The van der Waals surface area contributed by atoms with E-state index in [2.05, 4.69) is 15.8 Å². The molecular formula is C22H21N3O3. The van der Waals surface area contributed by atoms with E-state index >= 15 is 0 Å². The Hall–Kier alpha value is -3.67. The molecule has 3 rings (SSSR count). The molecular weight excluding hydrogens is 354 g/mol. The zero-order valence-electron chi connectivity index (χ0n) is 15.5. The summed E-state index contributed by atoms with van der Waals surface area (Å²) in [6.07, 6.45) is 2.47. The summed E-state index contributed by atoms with van der Waals surface area (Å²) in [7, 11) is 0. The quantitative estimate of drug-likeness (QED) is 0.483. The van der Waals surface area contributed by atoms with E-state index in [0.717, 1.165) is 11.1 Å². The standard InChI is InChI=1S/C22H21N3O3/c1-16(24-25-21(26)13-12-17-7-3-2-4-8-17)18-9-5-10-19(15-18)23-22(27)20-11-6-14-28-20/h2-11,14-15H,12-13H2,1H3,(H,23,27)(H,25,26)/b24-16-. The van der Waals surface area contributed by atoms with E-state index in [0.29, 0.717) is 24.2 Å². The van der Waals surface area contributed by atoms with Crippen LogP contribution in [0.2, 0.25) is 0 Å². The lowest BCUT2D eigenvalue weighted by atomic mass is 10.1. The normalized spacial score (nSPS) is 11.1. The molecule has 2 N–H and O–H groups in total. The maximum Gasteiger partial charge on any atom is 0.291 e. The van der Waals surface area contributed by atoms with Gasteiger partial charge in [-0.2, -0.15) is 5.10 Å². The van der Waals surface area contributed by atoms with Gasteiger partial charge in [0.25, 0.3) is 5.91 Å². The minimum absolute atomic E-state index is 0.148. The van der Waals surface area contributed by atoms with E-state index in [1.54, 1.807) is 31.2 Å². The molecule has 0 bridgehead atoms. The predicted molar refractivity (Wildman–Crippen MR) is 108 cm³/mol. The van der Waals surface area contributed by atoms with Crippen molar-refractivity contribution in [1.82, 2.24) is 5.43 Å². The minimum Gasteiger partial charge on any atom is -0.459 e. The number of carbonyl (C=O) groups excluding carboxylic acids is 2. The highest BCUT2D eigenvalue weighted by Crippen LogP contribution is 2.13. The van der Waals surface area contributed by atoms with Crippen LogP contribution in [0.25, 0.3) is 0 Å². The molecule has 0 aliphatic heterocycles. The second-order valence-corrected chi connectivity index (χ2v) is 6.23. The maximum absolute atomic E-state index is 12.1. The van der Waals surface area contributed by atoms with Crippen molar-refractivity contribution in [2.75, 3.05) is 5.32 Å². The van der Waals surface area contributed by atoms with Gasteiger partial charge < -0.3 is 9.73 Å². The zero-order chi connectivity index (χ0) is 19.8. The molecule has 0 aliphatic carbocycles. The SMILES string of the molecule is C/C(=N/NC(=O)CCc1ccccc1)c1cccc(NC(=O)c2ccco2)c1. The van der Waals surface area contributed by atoms with Gasteiger partial charge in [0.15, 0.2) is 5.76 Å². The van der Waals surface area contributed by atoms with E-state index in [1.165, 1.54) is 6.26 Å². The van der Waals surface area contributed by atoms with Crippen LogP contribution in [0.1, 0.15) is 35.0 Å². The number of nitrogens with zero attached hydrogens (tertiary/aromatic N) is 1. The molecule has 6 nitrogen and oxygen atoms in total. The van der Waals surface area contributed by atoms with Crippen molar-refractivity contribution < 1.29 is 14.0 Å². The Morgan fingerprint density at radius 3 is 2.57 bits per heavy atom. The van der Waals surface area contributed by atoms with Gasteiger partial charge in [0.2, 0.25) is 5.91 Å². The van der Waals surface area contributed by atoms with E-state index in [1.807, 2.05) is 42.5 Å². The molecule has 0 aliphatic rings. The summed E-state index contributed by atoms with van der Waals surface area (Å²) in [4.78, 5) is 24.1. The number of nitrogens with one attached hydrogen (secondary N) is 2. The lowest BCUT2D eigenvalue weighted by molar-refractivity contribution is -0.121. The van der Waals surface area contributed by atoms with Crippen LogP contribution in [-0.4, -0.2) is 17.5 Å². The number of carbonyl (C=O) groups is 2. The van der Waals surface area contributed by atoms with Gasteiger partial charge in [0.05, 0.1) is 12.0 Å². The Labute approximate surface area is 163 Å². The number of furan rings is 1. The van der Waals surface area contributed by atoms with Gasteiger partial charge in [-0.05, 0) is 48.7 Å². The molecule has 0 atom stereocenters. The van der Waals surface area contributed by atoms with Crippen LogP contribution in [0.4, 0.5) is 5.69 Å². The van der Waals surface area contributed by atoms with Gasteiger partial charge in [-0.3, -0.25) is 9.59 Å². The molecule has 0 fully saturated rings. The number of benzene rings is 2. The van der Waals surface area contributed by atoms with Gasteiger partial charge in [-0.15, -0.1) is 0 Å². The van der Waals surface area contributed by atoms with Crippen molar-refractivity contribution in [1.29, 1.82) is 0 Å². The monoisotopic (exact) mass is 375 g/mol. The number of aryl methyl sites for hydroxylation is 1. The van der Waals surface area contributed by atoms with Gasteiger partial charge in [-0.1, -0.05) is 42.5 Å². The largest absolute Gasteiger partial charge is 0.459 e. The van der Waals surface area contributed by atoms with Crippen LogP contribution < -0.4 is 10.7 Å². The lowest BCUT2D eigenvalue weighted by Gasteiger charge is -2.07. The third kappa shape index (κ3) is 5.41. The highest BCUT2D eigenvalue weighted by molar-refractivity contribution is 6.04. The number of hydrazone groups is 1. The third-order valence-corrected chi connectivity index (χ3v) is 4.12. The van der Waals surface area contributed by atoms with Crippen molar-refractivity contribution in [3.63, 3.8) is 0 Å². The average molecular weight is 375 g/mol. The first-order valence-electron chi connectivity index (χ1n) is 8.94. The number of rotatable bonds is 7. The zero-order valence-corrected chi connectivity index (χ0v) is 15.5. The summed E-state index contributed by atoms with van der Waals surface area (Å²) in [5.74, 6) is -0.238. The average Bonchev–Trinajstić information content (AvgIpc) is 3.26.